The number of hydrogen-bond donors (Lipinski definition) is 3. The maximum Gasteiger partial charge on any atom is 0.407 e. The van der Waals surface area contributed by atoms with Gasteiger partial charge in [0.05, 0.1) is 0 Å². The van der Waals surface area contributed by atoms with E-state index in [2.05, 4.69) is 17.6 Å². The number of unbranched alkanes of at least 4 members (excludes halogenated alkanes) is 7. The van der Waals surface area contributed by atoms with Crippen LogP contribution in [0.25, 0.3) is 0 Å². The number of carboxylic acid groups (broad SMARTS) is 1. The van der Waals surface area contributed by atoms with Crippen LogP contribution in [0.3, 0.4) is 0 Å². The summed E-state index contributed by atoms with van der Waals surface area (Å²) >= 11 is 0. The first kappa shape index (κ1) is 21.5. The Morgan fingerprint density at radius 1 is 0.913 bits per heavy atom. The van der Waals surface area contributed by atoms with E-state index in [1.165, 1.54) is 25.7 Å². The molecule has 6 nitrogen and oxygen atoms in total. The molecule has 0 saturated heterocycles. The van der Waals surface area contributed by atoms with Crippen molar-refractivity contribution in [3.05, 3.63) is 0 Å². The number of hydrogen-bond acceptors (Lipinski definition) is 3. The molecule has 0 saturated carbocycles. The Bertz CT molecular complexity index is 311. The van der Waals surface area contributed by atoms with Gasteiger partial charge in [-0.2, -0.15) is 0 Å². The Hall–Kier alpha value is -1.46. The van der Waals surface area contributed by atoms with Crippen molar-refractivity contribution in [2.75, 3.05) is 13.1 Å². The van der Waals surface area contributed by atoms with Crippen molar-refractivity contribution in [3.8, 4) is 0 Å². The molecule has 0 bridgehead atoms. The fraction of sp³-hybridized carbons (Fsp3) is 0.882. The van der Waals surface area contributed by atoms with E-state index in [0.29, 0.717) is 13.1 Å². The van der Waals surface area contributed by atoms with Gasteiger partial charge in [0.25, 0.3) is 0 Å². The SMILES string of the molecule is CCCCCCCC(C)OC(=O)NCCCCCCNC(=O)O. The van der Waals surface area contributed by atoms with E-state index in [1.54, 1.807) is 0 Å². The molecule has 0 rings (SSSR count). The molecule has 0 radical (unpaired) electrons. The summed E-state index contributed by atoms with van der Waals surface area (Å²) in [6.45, 7) is 5.23. The van der Waals surface area contributed by atoms with E-state index >= 15 is 0 Å². The minimum absolute atomic E-state index is 0.0290. The van der Waals surface area contributed by atoms with Gasteiger partial charge < -0.3 is 20.5 Å². The molecule has 0 heterocycles. The quantitative estimate of drug-likeness (QED) is 0.415. The lowest BCUT2D eigenvalue weighted by molar-refractivity contribution is 0.100. The lowest BCUT2D eigenvalue weighted by atomic mass is 10.1. The van der Waals surface area contributed by atoms with Gasteiger partial charge in [-0.1, -0.05) is 45.4 Å². The van der Waals surface area contributed by atoms with Gasteiger partial charge in [0.1, 0.15) is 6.10 Å². The number of carbonyl (C=O) groups excluding carboxylic acids is 1. The van der Waals surface area contributed by atoms with Crippen LogP contribution in [0.15, 0.2) is 0 Å². The van der Waals surface area contributed by atoms with Crippen molar-refractivity contribution in [2.24, 2.45) is 0 Å². The highest BCUT2D eigenvalue weighted by Gasteiger charge is 2.08. The van der Waals surface area contributed by atoms with E-state index < -0.39 is 6.09 Å². The van der Waals surface area contributed by atoms with Crippen LogP contribution in [0.2, 0.25) is 0 Å². The minimum atomic E-state index is -0.978. The summed E-state index contributed by atoms with van der Waals surface area (Å²) in [5, 5.41) is 13.5. The highest BCUT2D eigenvalue weighted by molar-refractivity contribution is 5.67. The summed E-state index contributed by atoms with van der Waals surface area (Å²) in [4.78, 5) is 21.8. The van der Waals surface area contributed by atoms with Crippen LogP contribution in [0.4, 0.5) is 9.59 Å². The molecule has 0 aromatic heterocycles. The lowest BCUT2D eigenvalue weighted by Crippen LogP contribution is -2.28. The zero-order valence-corrected chi connectivity index (χ0v) is 14.7. The molecule has 0 aliphatic carbocycles. The van der Waals surface area contributed by atoms with Crippen molar-refractivity contribution in [3.63, 3.8) is 0 Å². The van der Waals surface area contributed by atoms with Crippen LogP contribution >= 0.6 is 0 Å². The zero-order valence-electron chi connectivity index (χ0n) is 14.7. The van der Waals surface area contributed by atoms with Crippen LogP contribution in [0.1, 0.15) is 78.1 Å². The Balaban J connectivity index is 3.37. The summed E-state index contributed by atoms with van der Waals surface area (Å²) < 4.78 is 5.30. The highest BCUT2D eigenvalue weighted by Crippen LogP contribution is 2.09. The average molecular weight is 330 g/mol. The third kappa shape index (κ3) is 16.7. The number of rotatable bonds is 14. The summed E-state index contributed by atoms with van der Waals surface area (Å²) in [6, 6.07) is 0. The van der Waals surface area contributed by atoms with E-state index in [0.717, 1.165) is 38.5 Å². The van der Waals surface area contributed by atoms with Crippen molar-refractivity contribution in [2.45, 2.75) is 84.2 Å². The fourth-order valence-corrected chi connectivity index (χ4v) is 2.31. The summed E-state index contributed by atoms with van der Waals surface area (Å²) in [5.74, 6) is 0. The molecular formula is C17H34N2O4. The number of alkyl carbamates (subject to hydrolysis) is 1. The molecule has 0 fully saturated rings. The zero-order chi connectivity index (χ0) is 17.3. The van der Waals surface area contributed by atoms with Crippen molar-refractivity contribution in [1.82, 2.24) is 10.6 Å². The monoisotopic (exact) mass is 330 g/mol. The first-order valence-electron chi connectivity index (χ1n) is 8.97. The van der Waals surface area contributed by atoms with Gasteiger partial charge in [-0.05, 0) is 32.6 Å². The minimum Gasteiger partial charge on any atom is -0.465 e. The molecule has 136 valence electrons. The van der Waals surface area contributed by atoms with Gasteiger partial charge in [0.15, 0.2) is 0 Å². The standard InChI is InChI=1S/C17H34N2O4/c1-3-4-5-6-9-12-15(2)23-17(22)19-14-11-8-7-10-13-18-16(20)21/h15,18H,3-14H2,1-2H3,(H,19,22)(H,20,21). The number of carbonyl (C=O) groups is 2. The Labute approximate surface area is 140 Å². The first-order valence-corrected chi connectivity index (χ1v) is 8.97. The van der Waals surface area contributed by atoms with Crippen molar-refractivity contribution >= 4 is 12.2 Å². The van der Waals surface area contributed by atoms with Gasteiger partial charge >= 0.3 is 12.2 Å². The fourth-order valence-electron chi connectivity index (χ4n) is 2.31. The average Bonchev–Trinajstić information content (AvgIpc) is 2.49. The molecule has 0 aromatic carbocycles. The molecule has 0 spiro atoms. The third-order valence-corrected chi connectivity index (χ3v) is 3.67. The van der Waals surface area contributed by atoms with Gasteiger partial charge in [-0.25, -0.2) is 9.59 Å². The summed E-state index contributed by atoms with van der Waals surface area (Å²) in [7, 11) is 0. The first-order chi connectivity index (χ1) is 11.1. The molecule has 1 unspecified atom stereocenters. The molecule has 0 aliphatic rings. The van der Waals surface area contributed by atoms with E-state index in [-0.39, 0.29) is 12.2 Å². The van der Waals surface area contributed by atoms with Gasteiger partial charge in [-0.3, -0.25) is 0 Å². The third-order valence-electron chi connectivity index (χ3n) is 3.67. The normalized spacial score (nSPS) is 11.7. The lowest BCUT2D eigenvalue weighted by Gasteiger charge is -2.13. The van der Waals surface area contributed by atoms with E-state index in [4.69, 9.17) is 9.84 Å². The van der Waals surface area contributed by atoms with Crippen LogP contribution in [-0.2, 0) is 4.74 Å². The molecule has 3 N–H and O–H groups in total. The summed E-state index contributed by atoms with van der Waals surface area (Å²) in [5.41, 5.74) is 0. The molecule has 1 atom stereocenters. The largest absolute Gasteiger partial charge is 0.465 e. The van der Waals surface area contributed by atoms with Crippen molar-refractivity contribution < 1.29 is 19.4 Å². The van der Waals surface area contributed by atoms with Gasteiger partial charge in [0.2, 0.25) is 0 Å². The summed E-state index contributed by atoms with van der Waals surface area (Å²) in [6.07, 6.45) is 9.31. The molecule has 23 heavy (non-hydrogen) atoms. The topological polar surface area (TPSA) is 87.7 Å². The maximum absolute atomic E-state index is 11.6. The van der Waals surface area contributed by atoms with Crippen LogP contribution in [-0.4, -0.2) is 36.5 Å². The second kappa shape index (κ2) is 15.4. The smallest absolute Gasteiger partial charge is 0.407 e. The van der Waals surface area contributed by atoms with Gasteiger partial charge in [-0.15, -0.1) is 0 Å². The Kier molecular flexibility index (Phi) is 14.5. The molecule has 0 aliphatic heterocycles. The highest BCUT2D eigenvalue weighted by atomic mass is 16.6. The Morgan fingerprint density at radius 2 is 1.48 bits per heavy atom. The predicted molar refractivity (Wildman–Crippen MR) is 91.8 cm³/mol. The van der Waals surface area contributed by atoms with Crippen LogP contribution in [0, 0.1) is 0 Å². The second-order valence-electron chi connectivity index (χ2n) is 5.99. The van der Waals surface area contributed by atoms with Crippen molar-refractivity contribution in [1.29, 1.82) is 0 Å². The number of nitrogens with one attached hydrogen (secondary N) is 2. The molecule has 6 heteroatoms. The second-order valence-corrected chi connectivity index (χ2v) is 5.99. The predicted octanol–water partition coefficient (Wildman–Crippen LogP) is 4.29. The number of ether oxygens (including phenoxy) is 1. The number of amides is 2. The van der Waals surface area contributed by atoms with E-state index in [9.17, 15) is 9.59 Å². The van der Waals surface area contributed by atoms with Crippen LogP contribution < -0.4 is 10.6 Å². The Morgan fingerprint density at radius 3 is 2.09 bits per heavy atom. The molecule has 0 aromatic rings. The molecular weight excluding hydrogens is 296 g/mol. The van der Waals surface area contributed by atoms with Crippen LogP contribution in [0.5, 0.6) is 0 Å². The molecule has 2 amide bonds. The van der Waals surface area contributed by atoms with Gasteiger partial charge in [0, 0.05) is 13.1 Å². The van der Waals surface area contributed by atoms with E-state index in [1.807, 2.05) is 6.92 Å². The maximum atomic E-state index is 11.6.